The van der Waals surface area contributed by atoms with E-state index >= 15 is 0 Å². The topological polar surface area (TPSA) is 141 Å². The summed E-state index contributed by atoms with van der Waals surface area (Å²) < 4.78 is 6.47. The van der Waals surface area contributed by atoms with Crippen molar-refractivity contribution in [2.45, 2.75) is 22.7 Å². The number of carbonyl (C=O) groups is 3. The van der Waals surface area contributed by atoms with Gasteiger partial charge in [0.1, 0.15) is 17.5 Å². The van der Waals surface area contributed by atoms with Gasteiger partial charge in [0, 0.05) is 33.6 Å². The zero-order valence-electron chi connectivity index (χ0n) is 22.3. The fourth-order valence-electron chi connectivity index (χ4n) is 5.28. The van der Waals surface area contributed by atoms with E-state index in [4.69, 9.17) is 16.3 Å². The van der Waals surface area contributed by atoms with Crippen LogP contribution in [0, 0.1) is 16.0 Å². The van der Waals surface area contributed by atoms with Gasteiger partial charge in [0.15, 0.2) is 0 Å². The Morgan fingerprint density at radius 3 is 2.30 bits per heavy atom. The molecule has 0 aliphatic carbocycles. The Balaban J connectivity index is 1.37. The monoisotopic (exact) mass is 636 g/mol. The number of benzene rings is 3. The molecule has 1 saturated heterocycles. The van der Waals surface area contributed by atoms with E-state index in [1.165, 1.54) is 35.9 Å². The highest BCUT2D eigenvalue weighted by atomic mass is 35.5. The van der Waals surface area contributed by atoms with Crippen molar-refractivity contribution < 1.29 is 24.0 Å². The van der Waals surface area contributed by atoms with Gasteiger partial charge in [0.25, 0.3) is 5.69 Å². The van der Waals surface area contributed by atoms with Crippen molar-refractivity contribution >= 4 is 69.5 Å². The number of halogens is 1. The Bertz CT molecular complexity index is 1820. The molecule has 0 bridgehead atoms. The van der Waals surface area contributed by atoms with Crippen molar-refractivity contribution in [1.29, 1.82) is 0 Å². The van der Waals surface area contributed by atoms with Gasteiger partial charge in [-0.05, 0) is 54.1 Å². The van der Waals surface area contributed by atoms with Crippen LogP contribution in [0.5, 0.6) is 5.75 Å². The number of aromatic nitrogens is 1. The standard InChI is InChI=1S/C29H21ClN4O7S2/c1-41-20-12-6-17(7-13-20)31-21(35)14-32-28-25(43-29(32)38)22(15-2-4-16(30)5-3-15)23-24(42-28)27(37)33(26(23)36)18-8-10-19(11-9-18)34(39)40/h2-13,22-24H,14H2,1H3,(H,31,35)/t22-,23-,24+/m0/s1. The number of imide groups is 1. The molecule has 1 fully saturated rings. The van der Waals surface area contributed by atoms with Crippen molar-refractivity contribution in [3.05, 3.63) is 108 Å². The summed E-state index contributed by atoms with van der Waals surface area (Å²) in [7, 11) is 1.53. The van der Waals surface area contributed by atoms with Crippen LogP contribution in [0.2, 0.25) is 5.02 Å². The Kier molecular flexibility index (Phi) is 7.54. The first-order chi connectivity index (χ1) is 20.7. The zero-order chi connectivity index (χ0) is 30.4. The highest BCUT2D eigenvalue weighted by molar-refractivity contribution is 8.00. The molecule has 6 rings (SSSR count). The normalized spacial score (nSPS) is 19.1. The van der Waals surface area contributed by atoms with Crippen LogP contribution in [0.15, 0.2) is 82.6 Å². The molecule has 3 aromatic carbocycles. The number of nitro benzene ring substituents is 1. The lowest BCUT2D eigenvalue weighted by Crippen LogP contribution is -2.33. The summed E-state index contributed by atoms with van der Waals surface area (Å²) in [5.41, 5.74) is 1.24. The number of nitro groups is 1. The van der Waals surface area contributed by atoms with Crippen molar-refractivity contribution in [3.63, 3.8) is 0 Å². The Labute approximate surface area is 257 Å². The van der Waals surface area contributed by atoms with E-state index in [0.717, 1.165) is 28.0 Å². The zero-order valence-corrected chi connectivity index (χ0v) is 24.7. The first kappa shape index (κ1) is 28.6. The van der Waals surface area contributed by atoms with Gasteiger partial charge in [0.2, 0.25) is 17.7 Å². The number of methoxy groups -OCH3 is 1. The molecule has 2 aliphatic rings. The van der Waals surface area contributed by atoms with Crippen molar-refractivity contribution in [1.82, 2.24) is 4.57 Å². The van der Waals surface area contributed by atoms with Gasteiger partial charge in [-0.15, -0.1) is 0 Å². The average Bonchev–Trinajstić information content (AvgIpc) is 3.44. The van der Waals surface area contributed by atoms with Crippen LogP contribution in [0.3, 0.4) is 0 Å². The van der Waals surface area contributed by atoms with E-state index in [-0.39, 0.29) is 17.9 Å². The third-order valence-electron chi connectivity index (χ3n) is 7.27. The molecule has 2 aliphatic heterocycles. The number of thioether (sulfide) groups is 1. The molecular formula is C29H21ClN4O7S2. The number of amides is 3. The Hall–Kier alpha value is -4.46. The lowest BCUT2D eigenvalue weighted by molar-refractivity contribution is -0.384. The maximum Gasteiger partial charge on any atom is 0.308 e. The molecule has 43 heavy (non-hydrogen) atoms. The van der Waals surface area contributed by atoms with Gasteiger partial charge in [-0.3, -0.25) is 33.9 Å². The van der Waals surface area contributed by atoms with Crippen molar-refractivity contribution in [2.75, 3.05) is 17.3 Å². The minimum Gasteiger partial charge on any atom is -0.497 e. The number of thiazole rings is 1. The maximum absolute atomic E-state index is 13.9. The molecule has 4 aromatic rings. The number of nitrogens with one attached hydrogen (secondary N) is 1. The predicted octanol–water partition coefficient (Wildman–Crippen LogP) is 4.91. The summed E-state index contributed by atoms with van der Waals surface area (Å²) in [6.07, 6.45) is 0. The number of carbonyl (C=O) groups excluding carboxylic acids is 3. The first-order valence-electron chi connectivity index (χ1n) is 12.9. The van der Waals surface area contributed by atoms with Gasteiger partial charge in [-0.2, -0.15) is 0 Å². The molecule has 14 heteroatoms. The fraction of sp³-hybridized carbons (Fsp3) is 0.172. The molecule has 218 valence electrons. The largest absolute Gasteiger partial charge is 0.497 e. The lowest BCUT2D eigenvalue weighted by Gasteiger charge is -2.30. The van der Waals surface area contributed by atoms with E-state index in [1.807, 2.05) is 0 Å². The SMILES string of the molecule is COc1ccc(NC(=O)Cn2c3c(sc2=O)[C@@H](c2ccc(Cl)cc2)[C@@H]2C(=O)N(c4ccc([N+](=O)[O-])cc4)C(=O)[C@@H]2S3)cc1. The minimum absolute atomic E-state index is 0.173. The van der Waals surface area contributed by atoms with E-state index in [1.54, 1.807) is 48.5 Å². The highest BCUT2D eigenvalue weighted by Crippen LogP contribution is 2.54. The number of anilines is 2. The maximum atomic E-state index is 13.9. The summed E-state index contributed by atoms with van der Waals surface area (Å²) >= 11 is 8.15. The molecule has 11 nitrogen and oxygen atoms in total. The predicted molar refractivity (Wildman–Crippen MR) is 162 cm³/mol. The van der Waals surface area contributed by atoms with Crippen LogP contribution < -0.4 is 19.8 Å². The van der Waals surface area contributed by atoms with Crippen LogP contribution in [0.1, 0.15) is 16.4 Å². The van der Waals surface area contributed by atoms with E-state index in [0.29, 0.717) is 31.9 Å². The summed E-state index contributed by atoms with van der Waals surface area (Å²) in [4.78, 5) is 65.8. The summed E-state index contributed by atoms with van der Waals surface area (Å²) in [6.45, 7) is -0.303. The molecule has 3 atom stereocenters. The van der Waals surface area contributed by atoms with Gasteiger partial charge in [-0.25, -0.2) is 4.90 Å². The second kappa shape index (κ2) is 11.3. The Morgan fingerprint density at radius 1 is 1.00 bits per heavy atom. The molecule has 0 spiro atoms. The number of ether oxygens (including phenoxy) is 1. The number of hydrogen-bond donors (Lipinski definition) is 1. The molecular weight excluding hydrogens is 616 g/mol. The third kappa shape index (κ3) is 5.19. The second-order valence-electron chi connectivity index (χ2n) is 9.78. The quantitative estimate of drug-likeness (QED) is 0.171. The van der Waals surface area contributed by atoms with Crippen LogP contribution in [0.4, 0.5) is 17.1 Å². The van der Waals surface area contributed by atoms with Gasteiger partial charge < -0.3 is 10.1 Å². The molecule has 3 amide bonds. The molecule has 3 heterocycles. The van der Waals surface area contributed by atoms with Crippen molar-refractivity contribution in [3.8, 4) is 5.75 Å². The Morgan fingerprint density at radius 2 is 1.67 bits per heavy atom. The summed E-state index contributed by atoms with van der Waals surface area (Å²) in [5, 5.41) is 13.9. The van der Waals surface area contributed by atoms with Crippen LogP contribution in [-0.2, 0) is 20.9 Å². The van der Waals surface area contributed by atoms with Crippen LogP contribution in [-0.4, -0.2) is 39.6 Å². The number of non-ortho nitro benzene ring substituents is 1. The smallest absolute Gasteiger partial charge is 0.308 e. The summed E-state index contributed by atoms with van der Waals surface area (Å²) in [5.74, 6) is -2.33. The lowest BCUT2D eigenvalue weighted by atomic mass is 9.83. The van der Waals surface area contributed by atoms with Crippen molar-refractivity contribution in [2.24, 2.45) is 5.92 Å². The number of rotatable bonds is 7. The van der Waals surface area contributed by atoms with Gasteiger partial charge >= 0.3 is 4.87 Å². The van der Waals surface area contributed by atoms with E-state index in [2.05, 4.69) is 5.32 Å². The fourth-order valence-corrected chi connectivity index (χ4v) is 8.18. The minimum atomic E-state index is -0.902. The first-order valence-corrected chi connectivity index (χ1v) is 15.0. The average molecular weight is 637 g/mol. The van der Waals surface area contributed by atoms with Gasteiger partial charge in [-0.1, -0.05) is 46.8 Å². The number of nitrogens with zero attached hydrogens (tertiary/aromatic N) is 3. The van der Waals surface area contributed by atoms with Crippen LogP contribution >= 0.6 is 34.7 Å². The summed E-state index contributed by atoms with van der Waals surface area (Å²) in [6, 6.07) is 18.8. The second-order valence-corrected chi connectivity index (χ2v) is 12.3. The molecule has 0 unspecified atom stereocenters. The third-order valence-corrected chi connectivity index (χ3v) is 10.1. The number of fused-ring (bicyclic) bond motifs is 2. The number of hydrogen-bond acceptors (Lipinski definition) is 9. The molecule has 1 aromatic heterocycles. The molecule has 1 N–H and O–H groups in total. The highest BCUT2D eigenvalue weighted by Gasteiger charge is 2.56. The van der Waals surface area contributed by atoms with E-state index < -0.39 is 44.6 Å². The van der Waals surface area contributed by atoms with E-state index in [9.17, 15) is 29.3 Å². The molecule has 0 radical (unpaired) electrons. The van der Waals surface area contributed by atoms with Gasteiger partial charge in [0.05, 0.1) is 28.7 Å². The molecule has 0 saturated carbocycles. The van der Waals surface area contributed by atoms with Crippen LogP contribution in [0.25, 0.3) is 0 Å².